The minimum Gasteiger partial charge on any atom is -0.489 e. The molecule has 3 heterocycles. The standard InChI is InChI=1S/C22H26ClN5O3S/c1-13(2)31-19-9-7-14(10-17(19)23)21-25-26-22(32-21)28-12-15-6-8-16(4-3-5-20(29)30)24-11-18(15)27-28/h7,9-10,12-13,16,24H,3-6,8,11H2,1-2H3,(H,29,30). The van der Waals surface area contributed by atoms with Crippen molar-refractivity contribution in [3.8, 4) is 21.5 Å². The predicted molar refractivity (Wildman–Crippen MR) is 124 cm³/mol. The number of halogens is 1. The fourth-order valence-corrected chi connectivity index (χ4v) is 4.72. The fourth-order valence-electron chi connectivity index (χ4n) is 3.73. The summed E-state index contributed by atoms with van der Waals surface area (Å²) in [5.41, 5.74) is 3.07. The highest BCUT2D eigenvalue weighted by molar-refractivity contribution is 7.17. The van der Waals surface area contributed by atoms with Crippen molar-refractivity contribution in [2.75, 3.05) is 0 Å². The third-order valence-electron chi connectivity index (χ3n) is 5.29. The molecule has 0 fully saturated rings. The summed E-state index contributed by atoms with van der Waals surface area (Å²) in [7, 11) is 0. The van der Waals surface area contributed by atoms with Gasteiger partial charge in [-0.25, -0.2) is 4.68 Å². The summed E-state index contributed by atoms with van der Waals surface area (Å²) < 4.78 is 7.48. The van der Waals surface area contributed by atoms with Gasteiger partial charge in [0.15, 0.2) is 0 Å². The molecule has 0 amide bonds. The fraction of sp³-hybridized carbons (Fsp3) is 0.455. The Morgan fingerprint density at radius 3 is 3.00 bits per heavy atom. The molecule has 4 rings (SSSR count). The quantitative estimate of drug-likeness (QED) is 0.494. The number of aryl methyl sites for hydroxylation is 1. The van der Waals surface area contributed by atoms with Crippen LogP contribution in [0.5, 0.6) is 5.75 Å². The Morgan fingerprint density at radius 2 is 2.25 bits per heavy atom. The summed E-state index contributed by atoms with van der Waals surface area (Å²) >= 11 is 7.82. The molecule has 8 nitrogen and oxygen atoms in total. The van der Waals surface area contributed by atoms with Gasteiger partial charge in [0.1, 0.15) is 10.8 Å². The number of rotatable bonds is 8. The monoisotopic (exact) mass is 475 g/mol. The van der Waals surface area contributed by atoms with Gasteiger partial charge in [0, 0.05) is 30.8 Å². The number of aliphatic carboxylic acids is 1. The number of fused-ring (bicyclic) bond motifs is 1. The smallest absolute Gasteiger partial charge is 0.303 e. The van der Waals surface area contributed by atoms with Gasteiger partial charge in [-0.3, -0.25) is 4.79 Å². The van der Waals surface area contributed by atoms with Gasteiger partial charge in [-0.15, -0.1) is 10.2 Å². The third kappa shape index (κ3) is 5.46. The Balaban J connectivity index is 1.43. The number of carbonyl (C=O) groups is 1. The van der Waals surface area contributed by atoms with Crippen LogP contribution >= 0.6 is 22.9 Å². The second-order valence-electron chi connectivity index (χ2n) is 8.15. The molecule has 0 saturated heterocycles. The van der Waals surface area contributed by atoms with Crippen LogP contribution in [0.3, 0.4) is 0 Å². The Kier molecular flexibility index (Phi) is 7.07. The molecule has 3 aromatic rings. The first-order valence-electron chi connectivity index (χ1n) is 10.7. The van der Waals surface area contributed by atoms with Crippen LogP contribution in [0, 0.1) is 0 Å². The van der Waals surface area contributed by atoms with Crippen molar-refractivity contribution in [3.63, 3.8) is 0 Å². The average molecular weight is 476 g/mol. The zero-order valence-electron chi connectivity index (χ0n) is 18.0. The first-order chi connectivity index (χ1) is 15.4. The van der Waals surface area contributed by atoms with E-state index in [2.05, 4.69) is 15.5 Å². The molecule has 0 bridgehead atoms. The summed E-state index contributed by atoms with van der Waals surface area (Å²) in [6.07, 6.45) is 5.70. The number of nitrogens with one attached hydrogen (secondary N) is 1. The number of hydrogen-bond donors (Lipinski definition) is 2. The van der Waals surface area contributed by atoms with E-state index >= 15 is 0 Å². The lowest BCUT2D eigenvalue weighted by Gasteiger charge is -2.14. The van der Waals surface area contributed by atoms with Gasteiger partial charge in [0.05, 0.1) is 16.8 Å². The Morgan fingerprint density at radius 1 is 1.41 bits per heavy atom. The lowest BCUT2D eigenvalue weighted by Crippen LogP contribution is -2.27. The van der Waals surface area contributed by atoms with Crippen LogP contribution < -0.4 is 10.1 Å². The van der Waals surface area contributed by atoms with Gasteiger partial charge in [-0.1, -0.05) is 22.9 Å². The number of carboxylic acids is 1. The molecule has 1 unspecified atom stereocenters. The molecule has 1 aliphatic heterocycles. The van der Waals surface area contributed by atoms with Gasteiger partial charge in [0.2, 0.25) is 5.13 Å². The maximum atomic E-state index is 10.7. The summed E-state index contributed by atoms with van der Waals surface area (Å²) in [4.78, 5) is 10.7. The highest BCUT2D eigenvalue weighted by atomic mass is 35.5. The minimum atomic E-state index is -0.739. The van der Waals surface area contributed by atoms with Crippen LogP contribution in [0.4, 0.5) is 0 Å². The molecular formula is C22H26ClN5O3S. The molecule has 1 aromatic carbocycles. The van der Waals surface area contributed by atoms with Crippen LogP contribution in [0.15, 0.2) is 24.4 Å². The van der Waals surface area contributed by atoms with Gasteiger partial charge >= 0.3 is 5.97 Å². The van der Waals surface area contributed by atoms with Crippen molar-refractivity contribution in [1.82, 2.24) is 25.3 Å². The van der Waals surface area contributed by atoms with Crippen molar-refractivity contribution in [3.05, 3.63) is 40.7 Å². The Labute approximate surface area is 195 Å². The normalized spacial score (nSPS) is 16.1. The van der Waals surface area contributed by atoms with Crippen LogP contribution in [0.2, 0.25) is 5.02 Å². The maximum Gasteiger partial charge on any atom is 0.303 e. The largest absolute Gasteiger partial charge is 0.489 e. The molecule has 0 aliphatic carbocycles. The summed E-state index contributed by atoms with van der Waals surface area (Å²) in [5, 5.41) is 27.7. The van der Waals surface area contributed by atoms with Crippen LogP contribution in [-0.2, 0) is 17.8 Å². The number of ether oxygens (including phenoxy) is 1. The Hall–Kier alpha value is -2.49. The number of aromatic nitrogens is 4. The van der Waals surface area contributed by atoms with Crippen LogP contribution in [0.1, 0.15) is 50.8 Å². The zero-order chi connectivity index (χ0) is 22.7. The van der Waals surface area contributed by atoms with E-state index in [0.29, 0.717) is 34.9 Å². The highest BCUT2D eigenvalue weighted by Gasteiger charge is 2.20. The van der Waals surface area contributed by atoms with Gasteiger partial charge in [-0.2, -0.15) is 5.10 Å². The van der Waals surface area contributed by atoms with E-state index in [1.807, 2.05) is 38.2 Å². The first-order valence-corrected chi connectivity index (χ1v) is 11.9. The molecule has 2 N–H and O–H groups in total. The molecule has 10 heteroatoms. The van der Waals surface area contributed by atoms with Crippen LogP contribution in [-0.4, -0.2) is 43.2 Å². The molecule has 32 heavy (non-hydrogen) atoms. The van der Waals surface area contributed by atoms with E-state index < -0.39 is 5.97 Å². The van der Waals surface area contributed by atoms with Crippen LogP contribution in [0.25, 0.3) is 15.7 Å². The van der Waals surface area contributed by atoms with E-state index in [-0.39, 0.29) is 12.5 Å². The molecular weight excluding hydrogens is 450 g/mol. The number of carboxylic acid groups (broad SMARTS) is 1. The number of benzene rings is 1. The molecule has 1 aliphatic rings. The van der Waals surface area contributed by atoms with E-state index in [1.165, 1.54) is 16.9 Å². The Bertz CT molecular complexity index is 1070. The zero-order valence-corrected chi connectivity index (χ0v) is 19.6. The van der Waals surface area contributed by atoms with Gasteiger partial charge in [-0.05, 0) is 63.3 Å². The van der Waals surface area contributed by atoms with Crippen molar-refractivity contribution in [2.45, 2.75) is 64.6 Å². The average Bonchev–Trinajstić information content (AvgIpc) is 3.34. The van der Waals surface area contributed by atoms with E-state index in [9.17, 15) is 4.79 Å². The maximum absolute atomic E-state index is 10.7. The topological polar surface area (TPSA) is 102 Å². The molecule has 1 atom stereocenters. The summed E-state index contributed by atoms with van der Waals surface area (Å²) in [5.74, 6) is -0.0866. The summed E-state index contributed by atoms with van der Waals surface area (Å²) in [6.45, 7) is 4.59. The van der Waals surface area contributed by atoms with E-state index in [4.69, 9.17) is 26.5 Å². The third-order valence-corrected chi connectivity index (χ3v) is 6.55. The van der Waals surface area contributed by atoms with Gasteiger partial charge < -0.3 is 15.2 Å². The molecule has 2 aromatic heterocycles. The predicted octanol–water partition coefficient (Wildman–Crippen LogP) is 4.49. The minimum absolute atomic E-state index is 0.0519. The van der Waals surface area contributed by atoms with Crippen molar-refractivity contribution >= 4 is 28.9 Å². The number of hydrogen-bond acceptors (Lipinski definition) is 7. The molecule has 0 spiro atoms. The molecule has 170 valence electrons. The van der Waals surface area contributed by atoms with Gasteiger partial charge in [0.25, 0.3) is 0 Å². The van der Waals surface area contributed by atoms with Crippen molar-refractivity contribution in [1.29, 1.82) is 0 Å². The SMILES string of the molecule is CC(C)Oc1ccc(-c2nnc(-n3cc4c(n3)CNC(CCCC(=O)O)CC4)s2)cc1Cl. The second kappa shape index (κ2) is 9.97. The van der Waals surface area contributed by atoms with Crippen molar-refractivity contribution in [2.24, 2.45) is 0 Å². The van der Waals surface area contributed by atoms with Crippen molar-refractivity contribution < 1.29 is 14.6 Å². The molecule has 0 saturated carbocycles. The van der Waals surface area contributed by atoms with E-state index in [0.717, 1.165) is 35.5 Å². The molecule has 0 radical (unpaired) electrons. The van der Waals surface area contributed by atoms with E-state index in [1.54, 1.807) is 4.68 Å². The lowest BCUT2D eigenvalue weighted by molar-refractivity contribution is -0.137. The first kappa shape index (κ1) is 22.7. The lowest BCUT2D eigenvalue weighted by atomic mass is 10.0. The second-order valence-corrected chi connectivity index (χ2v) is 9.51. The highest BCUT2D eigenvalue weighted by Crippen LogP contribution is 2.33. The summed E-state index contributed by atoms with van der Waals surface area (Å²) in [6, 6.07) is 5.95. The number of nitrogens with zero attached hydrogens (tertiary/aromatic N) is 4.